The minimum absolute atomic E-state index is 0.0926. The number of nitrogens with zero attached hydrogens (tertiary/aromatic N) is 1. The van der Waals surface area contributed by atoms with Crippen LogP contribution < -0.4 is 21.1 Å². The van der Waals surface area contributed by atoms with Crippen LogP contribution in [0, 0.1) is 10.8 Å². The maximum Gasteiger partial charge on any atom is 0.336 e. The smallest absolute Gasteiger partial charge is 0.336 e. The highest BCUT2D eigenvalue weighted by Gasteiger charge is 2.27. The minimum atomic E-state index is -1.29. The van der Waals surface area contributed by atoms with Crippen molar-refractivity contribution in [3.8, 4) is 16.9 Å². The number of anilines is 1. The number of amidine groups is 1. The molecule has 0 saturated heterocycles. The first-order valence-electron chi connectivity index (χ1n) is 11.9. The van der Waals surface area contributed by atoms with E-state index >= 15 is 0 Å². The fraction of sp³-hybridized carbons (Fsp3) is 0.250. The zero-order valence-corrected chi connectivity index (χ0v) is 22.0. The number of aromatic carboxylic acids is 1. The third-order valence-corrected chi connectivity index (χ3v) is 6.10. The normalized spacial score (nSPS) is 11.8. The number of benzene rings is 2. The number of hydrogen-bond acceptors (Lipinski definition) is 7. The molecule has 0 unspecified atom stereocenters. The predicted molar refractivity (Wildman–Crippen MR) is 146 cm³/mol. The van der Waals surface area contributed by atoms with Gasteiger partial charge in [0, 0.05) is 5.56 Å². The monoisotopic (exact) mass is 533 g/mol. The van der Waals surface area contributed by atoms with E-state index in [1.807, 2.05) is 20.8 Å². The molecule has 39 heavy (non-hydrogen) atoms. The number of amides is 2. The molecule has 0 aliphatic carbocycles. The highest BCUT2D eigenvalue weighted by Crippen LogP contribution is 2.32. The topological polar surface area (TPSA) is 188 Å². The maximum atomic E-state index is 13.3. The first-order chi connectivity index (χ1) is 18.3. The predicted octanol–water partition coefficient (Wildman–Crippen LogP) is 3.13. The summed E-state index contributed by atoms with van der Waals surface area (Å²) in [5.41, 5.74) is 6.13. The molecule has 0 saturated carbocycles. The molecule has 0 spiro atoms. The van der Waals surface area contributed by atoms with Crippen molar-refractivity contribution < 1.29 is 29.3 Å². The number of methoxy groups -OCH3 is 1. The fourth-order valence-electron chi connectivity index (χ4n) is 3.77. The Kier molecular flexibility index (Phi) is 8.67. The van der Waals surface area contributed by atoms with Crippen molar-refractivity contribution in [2.45, 2.75) is 26.8 Å². The summed E-state index contributed by atoms with van der Waals surface area (Å²) in [6, 6.07) is 11.3. The van der Waals surface area contributed by atoms with Crippen LogP contribution in [0.1, 0.15) is 57.5 Å². The summed E-state index contributed by atoms with van der Waals surface area (Å²) in [7, 11) is 1.44. The summed E-state index contributed by atoms with van der Waals surface area (Å²) in [6.07, 6.45) is 1.35. The lowest BCUT2D eigenvalue weighted by Crippen LogP contribution is -2.46. The van der Waals surface area contributed by atoms with Crippen LogP contribution in [-0.4, -0.2) is 58.6 Å². The van der Waals surface area contributed by atoms with Crippen LogP contribution in [0.4, 0.5) is 5.69 Å². The fourth-order valence-corrected chi connectivity index (χ4v) is 3.77. The lowest BCUT2D eigenvalue weighted by Gasteiger charge is -2.29. The average molecular weight is 534 g/mol. The second kappa shape index (κ2) is 11.7. The molecule has 3 aromatic rings. The molecule has 204 valence electrons. The van der Waals surface area contributed by atoms with Crippen molar-refractivity contribution in [3.05, 3.63) is 77.1 Å². The Hall–Kier alpha value is -4.77. The van der Waals surface area contributed by atoms with Crippen LogP contribution in [-0.2, 0) is 0 Å². The van der Waals surface area contributed by atoms with Crippen molar-refractivity contribution in [1.82, 2.24) is 10.3 Å². The number of carbonyl (C=O) groups excluding carboxylic acids is 2. The number of pyridine rings is 1. The molecule has 2 amide bonds. The van der Waals surface area contributed by atoms with E-state index in [1.165, 1.54) is 49.7 Å². The van der Waals surface area contributed by atoms with Gasteiger partial charge in [-0.2, -0.15) is 0 Å². The van der Waals surface area contributed by atoms with E-state index in [2.05, 4.69) is 15.6 Å². The van der Waals surface area contributed by atoms with Gasteiger partial charge < -0.3 is 31.3 Å². The molecule has 0 bridgehead atoms. The van der Waals surface area contributed by atoms with Gasteiger partial charge in [0.2, 0.25) is 0 Å². The highest BCUT2D eigenvalue weighted by atomic mass is 16.5. The highest BCUT2D eigenvalue weighted by molar-refractivity contribution is 6.11. The van der Waals surface area contributed by atoms with E-state index < -0.39 is 29.2 Å². The number of carboxylic acid groups (broad SMARTS) is 1. The third-order valence-electron chi connectivity index (χ3n) is 6.10. The number of nitrogens with two attached hydrogens (primary N) is 1. The Balaban J connectivity index is 2.02. The van der Waals surface area contributed by atoms with Gasteiger partial charge in [0.15, 0.2) is 0 Å². The van der Waals surface area contributed by atoms with Gasteiger partial charge >= 0.3 is 5.97 Å². The van der Waals surface area contributed by atoms with Crippen LogP contribution in [0.5, 0.6) is 5.75 Å². The lowest BCUT2D eigenvalue weighted by molar-refractivity contribution is 0.0697. The molecule has 0 aliphatic rings. The molecule has 2 aromatic carbocycles. The Morgan fingerprint density at radius 1 is 1.03 bits per heavy atom. The second-order valence-electron chi connectivity index (χ2n) is 9.85. The summed E-state index contributed by atoms with van der Waals surface area (Å²) in [6.45, 7) is 5.31. The molecule has 11 nitrogen and oxygen atoms in total. The van der Waals surface area contributed by atoms with Gasteiger partial charge in [0.25, 0.3) is 11.8 Å². The third kappa shape index (κ3) is 6.76. The van der Waals surface area contributed by atoms with Crippen molar-refractivity contribution in [3.63, 3.8) is 0 Å². The molecule has 1 heterocycles. The van der Waals surface area contributed by atoms with E-state index in [-0.39, 0.29) is 40.4 Å². The number of rotatable bonds is 9. The first kappa shape index (κ1) is 28.8. The molecular weight excluding hydrogens is 502 g/mol. The Morgan fingerprint density at radius 3 is 2.23 bits per heavy atom. The summed E-state index contributed by atoms with van der Waals surface area (Å²) < 4.78 is 5.27. The Labute approximate surface area is 225 Å². The van der Waals surface area contributed by atoms with Gasteiger partial charge in [-0.3, -0.25) is 20.0 Å². The molecule has 0 aliphatic heterocycles. The van der Waals surface area contributed by atoms with E-state index in [0.29, 0.717) is 17.0 Å². The number of aromatic nitrogens is 1. The quantitative estimate of drug-likeness (QED) is 0.179. The second-order valence-corrected chi connectivity index (χ2v) is 9.85. The molecule has 3 rings (SSSR count). The maximum absolute atomic E-state index is 13.3. The standard InChI is InChI=1S/C28H31N5O6/c1-28(2,3)23(14-34)33-25(35)15-5-8-19(21(11-15)27(37)38)18-9-7-17(39-4)12-20(18)26(36)32-16-6-10-22(24(29)30)31-13-16/h5-13,23,34H,14H2,1-4H3,(H3,29,30)(H,32,36)(H,33,35)(H,37,38)/t23-/m1/s1. The van der Waals surface area contributed by atoms with Crippen LogP contribution in [0.2, 0.25) is 0 Å². The molecule has 0 radical (unpaired) electrons. The number of nitrogen functional groups attached to an aromatic ring is 1. The van der Waals surface area contributed by atoms with Crippen LogP contribution in [0.15, 0.2) is 54.7 Å². The average Bonchev–Trinajstić information content (AvgIpc) is 2.90. The van der Waals surface area contributed by atoms with Crippen molar-refractivity contribution >= 4 is 29.3 Å². The Bertz CT molecular complexity index is 1410. The first-order valence-corrected chi connectivity index (χ1v) is 11.9. The summed E-state index contributed by atoms with van der Waals surface area (Å²) in [4.78, 5) is 42.5. The number of aliphatic hydroxyl groups excluding tert-OH is 1. The van der Waals surface area contributed by atoms with E-state index in [0.717, 1.165) is 0 Å². The molecule has 1 aromatic heterocycles. The van der Waals surface area contributed by atoms with E-state index in [4.69, 9.17) is 15.9 Å². The number of nitrogens with one attached hydrogen (secondary N) is 3. The van der Waals surface area contributed by atoms with Crippen molar-refractivity contribution in [1.29, 1.82) is 5.41 Å². The number of carbonyl (C=O) groups is 3. The zero-order valence-electron chi connectivity index (χ0n) is 22.0. The van der Waals surface area contributed by atoms with Crippen LogP contribution in [0.25, 0.3) is 11.1 Å². The van der Waals surface area contributed by atoms with Crippen LogP contribution >= 0.6 is 0 Å². The molecule has 11 heteroatoms. The van der Waals surface area contributed by atoms with Crippen molar-refractivity contribution in [2.24, 2.45) is 11.1 Å². The van der Waals surface area contributed by atoms with Crippen LogP contribution in [0.3, 0.4) is 0 Å². The summed E-state index contributed by atoms with van der Waals surface area (Å²) >= 11 is 0. The SMILES string of the molecule is COc1ccc(-c2ccc(C(=O)N[C@H](CO)C(C)(C)C)cc2C(=O)O)c(C(=O)Nc2ccc(C(=N)N)nc2)c1. The van der Waals surface area contributed by atoms with Crippen molar-refractivity contribution in [2.75, 3.05) is 19.0 Å². The molecule has 0 fully saturated rings. The number of hydrogen-bond donors (Lipinski definition) is 6. The zero-order chi connectivity index (χ0) is 28.9. The molecule has 1 atom stereocenters. The molecular formula is C28H31N5O6. The van der Waals surface area contributed by atoms with Gasteiger partial charge in [0.05, 0.1) is 42.8 Å². The van der Waals surface area contributed by atoms with Gasteiger partial charge in [-0.1, -0.05) is 26.8 Å². The van der Waals surface area contributed by atoms with E-state index in [1.54, 1.807) is 12.1 Å². The van der Waals surface area contributed by atoms with Gasteiger partial charge in [0.1, 0.15) is 17.3 Å². The van der Waals surface area contributed by atoms with E-state index in [9.17, 15) is 24.6 Å². The number of carboxylic acids is 1. The Morgan fingerprint density at radius 2 is 1.69 bits per heavy atom. The van der Waals surface area contributed by atoms with Gasteiger partial charge in [-0.25, -0.2) is 4.79 Å². The minimum Gasteiger partial charge on any atom is -0.497 e. The lowest BCUT2D eigenvalue weighted by atomic mass is 9.87. The largest absolute Gasteiger partial charge is 0.497 e. The molecule has 7 N–H and O–H groups in total. The van der Waals surface area contributed by atoms with Gasteiger partial charge in [-0.05, 0) is 59.0 Å². The summed E-state index contributed by atoms with van der Waals surface area (Å²) in [5.74, 6) is -2.23. The number of ether oxygens (including phenoxy) is 1. The number of aliphatic hydroxyl groups is 1. The van der Waals surface area contributed by atoms with Gasteiger partial charge in [-0.15, -0.1) is 0 Å². The summed E-state index contributed by atoms with van der Waals surface area (Å²) in [5, 5.41) is 32.6.